The first-order valence-corrected chi connectivity index (χ1v) is 7.12. The molecule has 1 amide bonds. The Balaban J connectivity index is 2.57. The van der Waals surface area contributed by atoms with Crippen LogP contribution in [-0.4, -0.2) is 29.3 Å². The smallest absolute Gasteiger partial charge is 0.224 e. The molecule has 0 heterocycles. The number of hydrogen-bond donors (Lipinski definition) is 3. The molecule has 1 aromatic rings. The summed E-state index contributed by atoms with van der Waals surface area (Å²) in [7, 11) is 0. The summed E-state index contributed by atoms with van der Waals surface area (Å²) in [4.78, 5) is 11.9. The van der Waals surface area contributed by atoms with E-state index in [-0.39, 0.29) is 30.1 Å². The van der Waals surface area contributed by atoms with Gasteiger partial charge in [-0.2, -0.15) is 0 Å². The van der Waals surface area contributed by atoms with Gasteiger partial charge in [0.2, 0.25) is 5.91 Å². The van der Waals surface area contributed by atoms with Crippen molar-refractivity contribution in [2.75, 3.05) is 13.2 Å². The highest BCUT2D eigenvalue weighted by Gasteiger charge is 2.25. The van der Waals surface area contributed by atoms with E-state index in [4.69, 9.17) is 0 Å². The number of rotatable bonds is 7. The van der Waals surface area contributed by atoms with E-state index in [1.165, 1.54) is 0 Å². The molecule has 4 heteroatoms. The van der Waals surface area contributed by atoms with Crippen LogP contribution in [0.5, 0.6) is 5.75 Å². The molecular formula is C16H25NO3. The zero-order valence-electron chi connectivity index (χ0n) is 12.6. The second kappa shape index (κ2) is 7.29. The number of carbonyl (C=O) groups is 1. The lowest BCUT2D eigenvalue weighted by Gasteiger charge is -2.29. The van der Waals surface area contributed by atoms with Gasteiger partial charge in [0, 0.05) is 12.0 Å². The maximum absolute atomic E-state index is 11.9. The van der Waals surface area contributed by atoms with Gasteiger partial charge in [-0.15, -0.1) is 0 Å². The minimum absolute atomic E-state index is 0.0750. The number of benzene rings is 1. The first kappa shape index (κ1) is 16.5. The van der Waals surface area contributed by atoms with Gasteiger partial charge in [-0.05, 0) is 37.0 Å². The van der Waals surface area contributed by atoms with Gasteiger partial charge in [0.1, 0.15) is 5.75 Å². The quantitative estimate of drug-likeness (QED) is 0.716. The van der Waals surface area contributed by atoms with Crippen molar-refractivity contribution in [3.63, 3.8) is 0 Å². The number of aliphatic hydroxyl groups excluding tert-OH is 1. The summed E-state index contributed by atoms with van der Waals surface area (Å²) in [5.41, 5.74) is 1.35. The highest BCUT2D eigenvalue weighted by atomic mass is 16.3. The third-order valence-corrected chi connectivity index (χ3v) is 4.13. The van der Waals surface area contributed by atoms with Crippen molar-refractivity contribution in [1.29, 1.82) is 0 Å². The van der Waals surface area contributed by atoms with E-state index >= 15 is 0 Å². The van der Waals surface area contributed by atoms with E-state index in [9.17, 15) is 15.0 Å². The van der Waals surface area contributed by atoms with Crippen LogP contribution < -0.4 is 5.32 Å². The molecule has 0 bridgehead atoms. The summed E-state index contributed by atoms with van der Waals surface area (Å²) < 4.78 is 0. The predicted octanol–water partition coefficient (Wildman–Crippen LogP) is 2.16. The standard InChI is InChI=1S/C16H25NO3/c1-4-16(5-2,11-18)10-17-15(20)9-13-7-6-12(3)14(19)8-13/h6-8,18-19H,4-5,9-11H2,1-3H3,(H,17,20). The van der Waals surface area contributed by atoms with Crippen LogP contribution in [0, 0.1) is 12.3 Å². The molecule has 4 nitrogen and oxygen atoms in total. The van der Waals surface area contributed by atoms with Gasteiger partial charge in [-0.1, -0.05) is 26.0 Å². The molecule has 0 aliphatic rings. The van der Waals surface area contributed by atoms with Crippen LogP contribution in [0.15, 0.2) is 18.2 Å². The summed E-state index contributed by atoms with van der Waals surface area (Å²) in [6.45, 7) is 6.41. The van der Waals surface area contributed by atoms with Crippen molar-refractivity contribution in [2.45, 2.75) is 40.0 Å². The Bertz CT molecular complexity index is 445. The van der Waals surface area contributed by atoms with Crippen LogP contribution in [0.3, 0.4) is 0 Å². The number of aliphatic hydroxyl groups is 1. The molecule has 0 aliphatic carbocycles. The van der Waals surface area contributed by atoms with Crippen LogP contribution in [-0.2, 0) is 11.2 Å². The van der Waals surface area contributed by atoms with Gasteiger partial charge in [0.05, 0.1) is 13.0 Å². The summed E-state index contributed by atoms with van der Waals surface area (Å²) in [5.74, 6) is 0.120. The van der Waals surface area contributed by atoms with E-state index in [0.29, 0.717) is 6.54 Å². The van der Waals surface area contributed by atoms with Gasteiger partial charge >= 0.3 is 0 Å². The van der Waals surface area contributed by atoms with Gasteiger partial charge in [-0.25, -0.2) is 0 Å². The van der Waals surface area contributed by atoms with E-state index in [0.717, 1.165) is 24.0 Å². The number of hydrogen-bond acceptors (Lipinski definition) is 3. The Morgan fingerprint density at radius 2 is 1.95 bits per heavy atom. The van der Waals surface area contributed by atoms with Crippen LogP contribution in [0.25, 0.3) is 0 Å². The summed E-state index contributed by atoms with van der Waals surface area (Å²) in [6, 6.07) is 5.26. The maximum Gasteiger partial charge on any atom is 0.224 e. The molecule has 3 N–H and O–H groups in total. The van der Waals surface area contributed by atoms with E-state index in [1.54, 1.807) is 12.1 Å². The second-order valence-corrected chi connectivity index (χ2v) is 5.44. The largest absolute Gasteiger partial charge is 0.508 e. The zero-order chi connectivity index (χ0) is 15.2. The fraction of sp³-hybridized carbons (Fsp3) is 0.562. The van der Waals surface area contributed by atoms with Crippen molar-refractivity contribution >= 4 is 5.91 Å². The number of phenolic OH excluding ortho intramolecular Hbond substituents is 1. The average molecular weight is 279 g/mol. The molecule has 0 aliphatic heterocycles. The summed E-state index contributed by atoms with van der Waals surface area (Å²) >= 11 is 0. The molecular weight excluding hydrogens is 254 g/mol. The van der Waals surface area contributed by atoms with Gasteiger partial charge in [0.15, 0.2) is 0 Å². The van der Waals surface area contributed by atoms with Crippen molar-refractivity contribution in [2.24, 2.45) is 5.41 Å². The molecule has 0 atom stereocenters. The number of carbonyl (C=O) groups excluding carboxylic acids is 1. The molecule has 0 spiro atoms. The monoisotopic (exact) mass is 279 g/mol. The first-order valence-electron chi connectivity index (χ1n) is 7.12. The molecule has 0 aromatic heterocycles. The lowest BCUT2D eigenvalue weighted by molar-refractivity contribution is -0.121. The normalized spacial score (nSPS) is 11.4. The fourth-order valence-electron chi connectivity index (χ4n) is 2.08. The van der Waals surface area contributed by atoms with Crippen LogP contribution in [0.1, 0.15) is 37.8 Å². The van der Waals surface area contributed by atoms with Gasteiger partial charge < -0.3 is 15.5 Å². The Morgan fingerprint density at radius 3 is 2.45 bits per heavy atom. The Labute approximate surface area is 120 Å². The lowest BCUT2D eigenvalue weighted by Crippen LogP contribution is -2.39. The second-order valence-electron chi connectivity index (χ2n) is 5.44. The number of amides is 1. The Kier molecular flexibility index (Phi) is 6.02. The average Bonchev–Trinajstić information content (AvgIpc) is 2.45. The minimum Gasteiger partial charge on any atom is -0.508 e. The topological polar surface area (TPSA) is 69.6 Å². The minimum atomic E-state index is -0.231. The summed E-state index contributed by atoms with van der Waals surface area (Å²) in [6.07, 6.45) is 1.89. The molecule has 0 unspecified atom stereocenters. The maximum atomic E-state index is 11.9. The lowest BCUT2D eigenvalue weighted by atomic mass is 9.83. The Morgan fingerprint density at radius 1 is 1.30 bits per heavy atom. The molecule has 0 saturated carbocycles. The van der Waals surface area contributed by atoms with Crippen molar-refractivity contribution in [3.05, 3.63) is 29.3 Å². The molecule has 20 heavy (non-hydrogen) atoms. The molecule has 0 radical (unpaired) electrons. The van der Waals surface area contributed by atoms with Crippen molar-refractivity contribution in [1.82, 2.24) is 5.32 Å². The van der Waals surface area contributed by atoms with Crippen molar-refractivity contribution in [3.8, 4) is 5.75 Å². The number of aryl methyl sites for hydroxylation is 1. The molecule has 1 aromatic carbocycles. The van der Waals surface area contributed by atoms with Gasteiger partial charge in [0.25, 0.3) is 0 Å². The highest BCUT2D eigenvalue weighted by Crippen LogP contribution is 2.24. The first-order chi connectivity index (χ1) is 9.46. The van der Waals surface area contributed by atoms with E-state index < -0.39 is 0 Å². The molecule has 0 saturated heterocycles. The number of aromatic hydroxyl groups is 1. The molecule has 112 valence electrons. The van der Waals surface area contributed by atoms with Crippen molar-refractivity contribution < 1.29 is 15.0 Å². The van der Waals surface area contributed by atoms with Crippen LogP contribution >= 0.6 is 0 Å². The number of phenols is 1. The Hall–Kier alpha value is -1.55. The predicted molar refractivity (Wildman–Crippen MR) is 79.7 cm³/mol. The van der Waals surface area contributed by atoms with Crippen LogP contribution in [0.2, 0.25) is 0 Å². The summed E-state index contributed by atoms with van der Waals surface area (Å²) in [5, 5.41) is 22.0. The highest BCUT2D eigenvalue weighted by molar-refractivity contribution is 5.78. The fourth-order valence-corrected chi connectivity index (χ4v) is 2.08. The molecule has 0 fully saturated rings. The zero-order valence-corrected chi connectivity index (χ0v) is 12.6. The third kappa shape index (κ3) is 4.23. The van der Waals surface area contributed by atoms with E-state index in [1.807, 2.05) is 26.8 Å². The van der Waals surface area contributed by atoms with E-state index in [2.05, 4.69) is 5.32 Å². The molecule has 1 rings (SSSR count). The SMILES string of the molecule is CCC(CC)(CO)CNC(=O)Cc1ccc(C)c(O)c1. The van der Waals surface area contributed by atoms with Crippen LogP contribution in [0.4, 0.5) is 0 Å². The third-order valence-electron chi connectivity index (χ3n) is 4.13. The van der Waals surface area contributed by atoms with Gasteiger partial charge in [-0.3, -0.25) is 4.79 Å². The number of nitrogens with one attached hydrogen (secondary N) is 1.